The van der Waals surface area contributed by atoms with Gasteiger partial charge in [-0.3, -0.25) is 0 Å². The van der Waals surface area contributed by atoms with E-state index in [1.54, 1.807) is 0 Å². The van der Waals surface area contributed by atoms with Crippen molar-refractivity contribution < 1.29 is 14.3 Å². The largest absolute Gasteiger partial charge is 0.457 e. The molecule has 0 unspecified atom stereocenters. The first-order valence-electron chi connectivity index (χ1n) is 9.69. The van der Waals surface area contributed by atoms with Crippen LogP contribution in [0.4, 0.5) is 0 Å². The zero-order valence-electron chi connectivity index (χ0n) is 14.4. The lowest BCUT2D eigenvalue weighted by atomic mass is 10.0. The summed E-state index contributed by atoms with van der Waals surface area (Å²) >= 11 is 0. The van der Waals surface area contributed by atoms with Gasteiger partial charge in [0.05, 0.1) is 0 Å². The lowest BCUT2D eigenvalue weighted by Gasteiger charge is -2.10. The Kier molecular flexibility index (Phi) is 8.28. The maximum Gasteiger partial charge on any atom is 0.338 e. The third kappa shape index (κ3) is 6.28. The normalized spacial score (nSPS) is 26.0. The number of esters is 1. The third-order valence-corrected chi connectivity index (χ3v) is 4.98. The number of cyclic esters (lactones) is 1. The summed E-state index contributed by atoms with van der Waals surface area (Å²) in [6.45, 7) is 2.27. The van der Waals surface area contributed by atoms with E-state index in [0.29, 0.717) is 0 Å². The van der Waals surface area contributed by atoms with Crippen LogP contribution in [0.15, 0.2) is 0 Å². The smallest absolute Gasteiger partial charge is 0.338 e. The standard InChI is InChI=1S/C19H34O3/c1-2-3-4-5-6-7-8-9-10-11-12-13-14-15-16-17-18(22-17)19(20)21-16/h16-18H,2-15H2,1H3/t16-,17+,18+/m0/s1. The summed E-state index contributed by atoms with van der Waals surface area (Å²) in [6, 6.07) is 0. The molecule has 2 rings (SSSR count). The Hall–Kier alpha value is -0.570. The summed E-state index contributed by atoms with van der Waals surface area (Å²) in [5, 5.41) is 0. The molecule has 2 saturated heterocycles. The van der Waals surface area contributed by atoms with Crippen LogP contribution in [-0.2, 0) is 14.3 Å². The Morgan fingerprint density at radius 2 is 1.27 bits per heavy atom. The molecule has 2 aliphatic heterocycles. The van der Waals surface area contributed by atoms with Gasteiger partial charge in [-0.2, -0.15) is 0 Å². The number of epoxide rings is 1. The molecule has 3 atom stereocenters. The average molecular weight is 310 g/mol. The fourth-order valence-corrected chi connectivity index (χ4v) is 3.47. The number of unbranched alkanes of at least 4 members (excludes halogenated alkanes) is 12. The van der Waals surface area contributed by atoms with Gasteiger partial charge in [-0.1, -0.05) is 84.0 Å². The molecular formula is C19H34O3. The number of fused-ring (bicyclic) bond motifs is 1. The molecule has 0 N–H and O–H groups in total. The molecule has 3 nitrogen and oxygen atoms in total. The fourth-order valence-electron chi connectivity index (χ4n) is 3.47. The van der Waals surface area contributed by atoms with E-state index in [4.69, 9.17) is 9.47 Å². The van der Waals surface area contributed by atoms with Gasteiger partial charge in [0.2, 0.25) is 0 Å². The molecule has 22 heavy (non-hydrogen) atoms. The van der Waals surface area contributed by atoms with E-state index in [9.17, 15) is 4.79 Å². The molecule has 0 aromatic heterocycles. The SMILES string of the molecule is CCCCCCCCCCCCCCC[C@@H]1OC(=O)[C@@H]2O[C@H]12. The van der Waals surface area contributed by atoms with E-state index in [0.717, 1.165) is 6.42 Å². The van der Waals surface area contributed by atoms with Crippen molar-refractivity contribution in [1.82, 2.24) is 0 Å². The highest BCUT2D eigenvalue weighted by Gasteiger charge is 2.58. The van der Waals surface area contributed by atoms with Crippen LogP contribution in [0.3, 0.4) is 0 Å². The molecule has 0 amide bonds. The molecule has 128 valence electrons. The minimum absolute atomic E-state index is 0.0604. The highest BCUT2D eigenvalue weighted by Crippen LogP contribution is 2.37. The van der Waals surface area contributed by atoms with Crippen molar-refractivity contribution in [2.75, 3.05) is 0 Å². The van der Waals surface area contributed by atoms with Crippen molar-refractivity contribution in [1.29, 1.82) is 0 Å². The van der Waals surface area contributed by atoms with Gasteiger partial charge in [-0.15, -0.1) is 0 Å². The maximum atomic E-state index is 11.2. The number of carbonyl (C=O) groups is 1. The van der Waals surface area contributed by atoms with Gasteiger partial charge in [0.15, 0.2) is 6.10 Å². The van der Waals surface area contributed by atoms with Crippen LogP contribution in [-0.4, -0.2) is 24.3 Å². The molecule has 0 spiro atoms. The van der Waals surface area contributed by atoms with Crippen LogP contribution >= 0.6 is 0 Å². The van der Waals surface area contributed by atoms with Crippen LogP contribution in [0.2, 0.25) is 0 Å². The van der Waals surface area contributed by atoms with Gasteiger partial charge in [-0.25, -0.2) is 4.79 Å². The number of rotatable bonds is 14. The zero-order valence-corrected chi connectivity index (χ0v) is 14.4. The molecule has 0 radical (unpaired) electrons. The summed E-state index contributed by atoms with van der Waals surface area (Å²) in [4.78, 5) is 11.2. The van der Waals surface area contributed by atoms with Gasteiger partial charge in [0.25, 0.3) is 0 Å². The van der Waals surface area contributed by atoms with Crippen LogP contribution < -0.4 is 0 Å². The lowest BCUT2D eigenvalue weighted by molar-refractivity contribution is -0.149. The Morgan fingerprint density at radius 3 is 1.68 bits per heavy atom. The quantitative estimate of drug-likeness (QED) is 0.253. The highest BCUT2D eigenvalue weighted by atomic mass is 16.7. The van der Waals surface area contributed by atoms with E-state index < -0.39 is 0 Å². The van der Waals surface area contributed by atoms with Crippen molar-refractivity contribution in [3.8, 4) is 0 Å². The van der Waals surface area contributed by atoms with Crippen molar-refractivity contribution in [2.24, 2.45) is 0 Å². The minimum atomic E-state index is -0.202. The van der Waals surface area contributed by atoms with Crippen molar-refractivity contribution >= 4 is 5.97 Å². The molecule has 0 aromatic rings. The van der Waals surface area contributed by atoms with Gasteiger partial charge in [-0.05, 0) is 12.8 Å². The van der Waals surface area contributed by atoms with Crippen LogP contribution in [0.25, 0.3) is 0 Å². The third-order valence-electron chi connectivity index (χ3n) is 4.98. The van der Waals surface area contributed by atoms with Crippen molar-refractivity contribution in [3.05, 3.63) is 0 Å². The monoisotopic (exact) mass is 310 g/mol. The van der Waals surface area contributed by atoms with E-state index >= 15 is 0 Å². The topological polar surface area (TPSA) is 38.8 Å². The molecule has 2 aliphatic rings. The number of carbonyl (C=O) groups excluding carboxylic acids is 1. The summed E-state index contributed by atoms with van der Waals surface area (Å²) < 4.78 is 10.5. The van der Waals surface area contributed by atoms with Crippen molar-refractivity contribution in [3.63, 3.8) is 0 Å². The van der Waals surface area contributed by atoms with E-state index in [1.165, 1.54) is 83.5 Å². The predicted molar refractivity (Wildman–Crippen MR) is 88.9 cm³/mol. The van der Waals surface area contributed by atoms with Gasteiger partial charge in [0, 0.05) is 0 Å². The van der Waals surface area contributed by atoms with Crippen LogP contribution in [0.5, 0.6) is 0 Å². The maximum absolute atomic E-state index is 11.2. The zero-order chi connectivity index (χ0) is 15.6. The molecular weight excluding hydrogens is 276 g/mol. The highest BCUT2D eigenvalue weighted by molar-refractivity contribution is 5.81. The van der Waals surface area contributed by atoms with E-state index in [1.807, 2.05) is 0 Å². The minimum Gasteiger partial charge on any atom is -0.457 e. The number of hydrogen-bond acceptors (Lipinski definition) is 3. The van der Waals surface area contributed by atoms with Crippen LogP contribution in [0.1, 0.15) is 96.8 Å². The first-order chi connectivity index (χ1) is 10.8. The van der Waals surface area contributed by atoms with Crippen molar-refractivity contribution in [2.45, 2.75) is 115 Å². The molecule has 0 aliphatic carbocycles. The molecule has 2 fully saturated rings. The summed E-state index contributed by atoms with van der Waals surface area (Å²) in [5.74, 6) is -0.135. The Labute approximate surface area is 136 Å². The molecule has 0 aromatic carbocycles. The second-order valence-corrected chi connectivity index (χ2v) is 7.03. The number of ether oxygens (including phenoxy) is 2. The van der Waals surface area contributed by atoms with Crippen LogP contribution in [0, 0.1) is 0 Å². The first kappa shape index (κ1) is 17.8. The molecule has 0 saturated carbocycles. The Balaban J connectivity index is 1.27. The van der Waals surface area contributed by atoms with Gasteiger partial charge >= 0.3 is 5.97 Å². The molecule has 2 heterocycles. The number of hydrogen-bond donors (Lipinski definition) is 0. The predicted octanol–water partition coefficient (Wildman–Crippen LogP) is 5.16. The fraction of sp³-hybridized carbons (Fsp3) is 0.947. The average Bonchev–Trinajstić information content (AvgIpc) is 3.25. The summed E-state index contributed by atoms with van der Waals surface area (Å²) in [5.41, 5.74) is 0. The van der Waals surface area contributed by atoms with Gasteiger partial charge in [0.1, 0.15) is 12.2 Å². The summed E-state index contributed by atoms with van der Waals surface area (Å²) in [6.07, 6.45) is 18.8. The Bertz CT molecular complexity index is 316. The second kappa shape index (κ2) is 10.3. The molecule has 0 bridgehead atoms. The lowest BCUT2D eigenvalue weighted by Crippen LogP contribution is -2.15. The molecule has 3 heteroatoms. The second-order valence-electron chi connectivity index (χ2n) is 7.03. The van der Waals surface area contributed by atoms with E-state index in [-0.39, 0.29) is 24.3 Å². The summed E-state index contributed by atoms with van der Waals surface area (Å²) in [7, 11) is 0. The van der Waals surface area contributed by atoms with E-state index in [2.05, 4.69) is 6.92 Å². The Morgan fingerprint density at radius 1 is 0.773 bits per heavy atom. The van der Waals surface area contributed by atoms with Gasteiger partial charge < -0.3 is 9.47 Å². The first-order valence-corrected chi connectivity index (χ1v) is 9.69.